The van der Waals surface area contributed by atoms with Crippen molar-refractivity contribution in [1.82, 2.24) is 16.0 Å². The molecule has 1 aromatic rings. The van der Waals surface area contributed by atoms with Gasteiger partial charge < -0.3 is 16.0 Å². The van der Waals surface area contributed by atoms with Crippen molar-refractivity contribution < 1.29 is 14.4 Å². The number of rotatable bonds is 9. The van der Waals surface area contributed by atoms with Gasteiger partial charge in [-0.3, -0.25) is 14.4 Å². The zero-order valence-electron chi connectivity index (χ0n) is 13.0. The molecule has 0 aliphatic heterocycles. The maximum atomic E-state index is 11.6. The van der Waals surface area contributed by atoms with Crippen LogP contribution >= 0.6 is 11.3 Å². The molecule has 1 heterocycles. The summed E-state index contributed by atoms with van der Waals surface area (Å²) in [6.45, 7) is 4.95. The number of carbonyl (C=O) groups is 3. The Labute approximate surface area is 134 Å². The lowest BCUT2D eigenvalue weighted by Crippen LogP contribution is -2.36. The number of carbonyl (C=O) groups excluding carboxylic acids is 3. The number of hydrogen-bond donors (Lipinski definition) is 3. The van der Waals surface area contributed by atoms with Gasteiger partial charge in [-0.2, -0.15) is 0 Å². The Morgan fingerprint density at radius 2 is 1.82 bits per heavy atom. The van der Waals surface area contributed by atoms with Crippen LogP contribution in [0.5, 0.6) is 0 Å². The topological polar surface area (TPSA) is 87.3 Å². The molecule has 0 atom stereocenters. The molecule has 0 aliphatic carbocycles. The predicted molar refractivity (Wildman–Crippen MR) is 86.7 cm³/mol. The van der Waals surface area contributed by atoms with Gasteiger partial charge in [0.1, 0.15) is 0 Å². The van der Waals surface area contributed by atoms with Crippen LogP contribution in [-0.4, -0.2) is 37.4 Å². The molecule has 0 aliphatic rings. The Kier molecular flexibility index (Phi) is 8.21. The average Bonchev–Trinajstić information content (AvgIpc) is 3.01. The van der Waals surface area contributed by atoms with Gasteiger partial charge >= 0.3 is 0 Å². The van der Waals surface area contributed by atoms with E-state index in [2.05, 4.69) is 16.0 Å². The van der Waals surface area contributed by atoms with Crippen LogP contribution in [0.4, 0.5) is 0 Å². The van der Waals surface area contributed by atoms with Crippen molar-refractivity contribution in [2.75, 3.05) is 19.6 Å². The molecule has 22 heavy (non-hydrogen) atoms. The molecule has 3 amide bonds. The molecular formula is C15H23N3O3S. The Bertz CT molecular complexity index is 486. The van der Waals surface area contributed by atoms with E-state index in [0.29, 0.717) is 37.4 Å². The highest BCUT2D eigenvalue weighted by atomic mass is 32.1. The van der Waals surface area contributed by atoms with Gasteiger partial charge in [0.05, 0.1) is 4.88 Å². The van der Waals surface area contributed by atoms with Crippen molar-refractivity contribution in [2.24, 2.45) is 5.92 Å². The van der Waals surface area contributed by atoms with Crippen molar-refractivity contribution in [3.05, 3.63) is 22.4 Å². The first-order chi connectivity index (χ1) is 10.5. The SMILES string of the molecule is CC(C)C(=O)NCCNC(=O)CCCNC(=O)c1cccs1. The summed E-state index contributed by atoms with van der Waals surface area (Å²) in [5, 5.41) is 10.1. The largest absolute Gasteiger partial charge is 0.354 e. The second kappa shape index (κ2) is 9.94. The third-order valence-corrected chi connectivity index (χ3v) is 3.75. The smallest absolute Gasteiger partial charge is 0.261 e. The van der Waals surface area contributed by atoms with Crippen LogP contribution in [-0.2, 0) is 9.59 Å². The summed E-state index contributed by atoms with van der Waals surface area (Å²) in [5.41, 5.74) is 0. The van der Waals surface area contributed by atoms with E-state index in [1.54, 1.807) is 6.07 Å². The van der Waals surface area contributed by atoms with Crippen molar-refractivity contribution in [1.29, 1.82) is 0 Å². The fourth-order valence-corrected chi connectivity index (χ4v) is 2.27. The van der Waals surface area contributed by atoms with Gasteiger partial charge in [0.2, 0.25) is 11.8 Å². The zero-order valence-corrected chi connectivity index (χ0v) is 13.8. The second-order valence-corrected chi connectivity index (χ2v) is 6.08. The van der Waals surface area contributed by atoms with Crippen molar-refractivity contribution in [3.63, 3.8) is 0 Å². The third-order valence-electron chi connectivity index (χ3n) is 2.88. The summed E-state index contributed by atoms with van der Waals surface area (Å²) in [4.78, 5) is 35.2. The van der Waals surface area contributed by atoms with Crippen LogP contribution in [0.25, 0.3) is 0 Å². The lowest BCUT2D eigenvalue weighted by molar-refractivity contribution is -0.124. The quantitative estimate of drug-likeness (QED) is 0.595. The molecule has 0 radical (unpaired) electrons. The Morgan fingerprint density at radius 1 is 1.09 bits per heavy atom. The molecule has 7 heteroatoms. The molecule has 0 unspecified atom stereocenters. The van der Waals surface area contributed by atoms with Gasteiger partial charge in [-0.15, -0.1) is 11.3 Å². The first kappa shape index (κ1) is 18.2. The van der Waals surface area contributed by atoms with Crippen molar-refractivity contribution in [2.45, 2.75) is 26.7 Å². The highest BCUT2D eigenvalue weighted by Crippen LogP contribution is 2.07. The standard InChI is InChI=1S/C15H23N3O3S/c1-11(2)14(20)18-9-8-16-13(19)6-3-7-17-15(21)12-5-4-10-22-12/h4-5,10-11H,3,6-9H2,1-2H3,(H,16,19)(H,17,21)(H,18,20). The first-order valence-corrected chi connectivity index (χ1v) is 8.24. The molecule has 0 aromatic carbocycles. The van der Waals surface area contributed by atoms with Crippen molar-refractivity contribution >= 4 is 29.1 Å². The van der Waals surface area contributed by atoms with Gasteiger partial charge in [-0.05, 0) is 17.9 Å². The average molecular weight is 325 g/mol. The first-order valence-electron chi connectivity index (χ1n) is 7.37. The van der Waals surface area contributed by atoms with Crippen LogP contribution in [0.2, 0.25) is 0 Å². The lowest BCUT2D eigenvalue weighted by atomic mass is 10.2. The third kappa shape index (κ3) is 7.21. The van der Waals surface area contributed by atoms with E-state index >= 15 is 0 Å². The molecule has 1 rings (SSSR count). The van der Waals surface area contributed by atoms with E-state index in [0.717, 1.165) is 0 Å². The Hall–Kier alpha value is -1.89. The normalized spacial score (nSPS) is 10.3. The number of hydrogen-bond acceptors (Lipinski definition) is 4. The minimum absolute atomic E-state index is 0.0226. The van der Waals surface area contributed by atoms with Gasteiger partial charge in [0.15, 0.2) is 0 Å². The van der Waals surface area contributed by atoms with Gasteiger partial charge in [-0.25, -0.2) is 0 Å². The van der Waals surface area contributed by atoms with E-state index in [4.69, 9.17) is 0 Å². The monoisotopic (exact) mass is 325 g/mol. The molecule has 3 N–H and O–H groups in total. The molecule has 0 saturated heterocycles. The van der Waals surface area contributed by atoms with Crippen LogP contribution in [0.1, 0.15) is 36.4 Å². The van der Waals surface area contributed by atoms with E-state index in [9.17, 15) is 14.4 Å². The van der Waals surface area contributed by atoms with Gasteiger partial charge in [0, 0.05) is 32.0 Å². The number of thiophene rings is 1. The van der Waals surface area contributed by atoms with Crippen LogP contribution in [0, 0.1) is 5.92 Å². The van der Waals surface area contributed by atoms with Crippen molar-refractivity contribution in [3.8, 4) is 0 Å². The highest BCUT2D eigenvalue weighted by molar-refractivity contribution is 7.12. The zero-order chi connectivity index (χ0) is 16.4. The lowest BCUT2D eigenvalue weighted by Gasteiger charge is -2.09. The van der Waals surface area contributed by atoms with Crippen LogP contribution < -0.4 is 16.0 Å². The summed E-state index contributed by atoms with van der Waals surface area (Å²) in [7, 11) is 0. The van der Waals surface area contributed by atoms with Crippen LogP contribution in [0.15, 0.2) is 17.5 Å². The van der Waals surface area contributed by atoms with Gasteiger partial charge in [0.25, 0.3) is 5.91 Å². The Morgan fingerprint density at radius 3 is 2.45 bits per heavy atom. The highest BCUT2D eigenvalue weighted by Gasteiger charge is 2.07. The second-order valence-electron chi connectivity index (χ2n) is 5.13. The summed E-state index contributed by atoms with van der Waals surface area (Å²) < 4.78 is 0. The van der Waals surface area contributed by atoms with Gasteiger partial charge in [-0.1, -0.05) is 19.9 Å². The summed E-state index contributed by atoms with van der Waals surface area (Å²) in [6.07, 6.45) is 0.935. The number of nitrogens with one attached hydrogen (secondary N) is 3. The number of amides is 3. The Balaban J connectivity index is 2.02. The molecule has 0 fully saturated rings. The fourth-order valence-electron chi connectivity index (χ4n) is 1.63. The van der Waals surface area contributed by atoms with E-state index in [1.807, 2.05) is 25.3 Å². The molecule has 1 aromatic heterocycles. The van der Waals surface area contributed by atoms with E-state index in [1.165, 1.54) is 11.3 Å². The molecule has 0 saturated carbocycles. The van der Waals surface area contributed by atoms with E-state index in [-0.39, 0.29) is 23.6 Å². The molecule has 0 spiro atoms. The minimum Gasteiger partial charge on any atom is -0.354 e. The fraction of sp³-hybridized carbons (Fsp3) is 0.533. The predicted octanol–water partition coefficient (Wildman–Crippen LogP) is 1.15. The maximum absolute atomic E-state index is 11.6. The molecular weight excluding hydrogens is 302 g/mol. The van der Waals surface area contributed by atoms with E-state index < -0.39 is 0 Å². The maximum Gasteiger partial charge on any atom is 0.261 e. The summed E-state index contributed by atoms with van der Waals surface area (Å²) in [6, 6.07) is 3.59. The van der Waals surface area contributed by atoms with Crippen LogP contribution in [0.3, 0.4) is 0 Å². The molecule has 6 nitrogen and oxygen atoms in total. The molecule has 0 bridgehead atoms. The molecule has 122 valence electrons. The minimum atomic E-state index is -0.105. The summed E-state index contributed by atoms with van der Waals surface area (Å²) in [5.74, 6) is -0.260. The summed E-state index contributed by atoms with van der Waals surface area (Å²) >= 11 is 1.39.